The summed E-state index contributed by atoms with van der Waals surface area (Å²) in [5.74, 6) is -0.217. The number of carbonyl (C=O) groups is 1. The van der Waals surface area contributed by atoms with E-state index in [9.17, 15) is 4.79 Å². The lowest BCUT2D eigenvalue weighted by atomic mass is 9.79. The van der Waals surface area contributed by atoms with E-state index in [1.54, 1.807) is 6.20 Å². The van der Waals surface area contributed by atoms with Gasteiger partial charge in [-0.15, -0.1) is 0 Å². The van der Waals surface area contributed by atoms with Crippen LogP contribution in [0.4, 0.5) is 5.82 Å². The highest BCUT2D eigenvalue weighted by molar-refractivity contribution is 5.72. The van der Waals surface area contributed by atoms with Crippen LogP contribution in [0.3, 0.4) is 0 Å². The molecule has 74 valence electrons. The van der Waals surface area contributed by atoms with Crippen LogP contribution in [0.1, 0.15) is 12.8 Å². The Morgan fingerprint density at radius 1 is 1.50 bits per heavy atom. The Morgan fingerprint density at radius 3 is 2.86 bits per heavy atom. The van der Waals surface area contributed by atoms with Crippen molar-refractivity contribution in [1.82, 2.24) is 4.98 Å². The Bertz CT molecular complexity index is 326. The highest BCUT2D eigenvalue weighted by atomic mass is 16.4. The van der Waals surface area contributed by atoms with Crippen molar-refractivity contribution in [2.45, 2.75) is 18.9 Å². The molecule has 2 rings (SSSR count). The van der Waals surface area contributed by atoms with Crippen molar-refractivity contribution in [1.29, 1.82) is 0 Å². The van der Waals surface area contributed by atoms with Crippen molar-refractivity contribution in [3.8, 4) is 0 Å². The zero-order chi connectivity index (χ0) is 9.97. The first kappa shape index (κ1) is 8.99. The van der Waals surface area contributed by atoms with Gasteiger partial charge in [-0.05, 0) is 25.0 Å². The third kappa shape index (κ3) is 1.69. The normalized spacial score (nSPS) is 25.1. The minimum Gasteiger partial charge on any atom is -0.481 e. The number of aliphatic carboxylic acids is 1. The molecule has 0 bridgehead atoms. The van der Waals surface area contributed by atoms with Gasteiger partial charge in [0.2, 0.25) is 0 Å². The molecule has 0 saturated heterocycles. The second-order valence-electron chi connectivity index (χ2n) is 3.49. The Morgan fingerprint density at radius 2 is 2.36 bits per heavy atom. The number of rotatable bonds is 3. The lowest BCUT2D eigenvalue weighted by Crippen LogP contribution is -2.43. The van der Waals surface area contributed by atoms with Gasteiger partial charge < -0.3 is 10.4 Å². The van der Waals surface area contributed by atoms with Gasteiger partial charge in [0.1, 0.15) is 5.82 Å². The van der Waals surface area contributed by atoms with E-state index in [2.05, 4.69) is 10.3 Å². The van der Waals surface area contributed by atoms with Crippen LogP contribution >= 0.6 is 0 Å². The average Bonchev–Trinajstić information content (AvgIpc) is 2.13. The number of pyridine rings is 1. The van der Waals surface area contributed by atoms with Gasteiger partial charge >= 0.3 is 5.97 Å². The van der Waals surface area contributed by atoms with Crippen molar-refractivity contribution in [2.75, 3.05) is 5.32 Å². The van der Waals surface area contributed by atoms with Crippen LogP contribution in [-0.4, -0.2) is 22.1 Å². The summed E-state index contributed by atoms with van der Waals surface area (Å²) in [6.45, 7) is 0. The average molecular weight is 192 g/mol. The van der Waals surface area contributed by atoms with Crippen LogP contribution in [0.5, 0.6) is 0 Å². The molecule has 1 heterocycles. The fourth-order valence-electron chi connectivity index (χ4n) is 1.61. The molecule has 2 unspecified atom stereocenters. The summed E-state index contributed by atoms with van der Waals surface area (Å²) in [6.07, 6.45) is 3.37. The summed E-state index contributed by atoms with van der Waals surface area (Å²) < 4.78 is 0. The Hall–Kier alpha value is -1.58. The van der Waals surface area contributed by atoms with Crippen LogP contribution in [0.15, 0.2) is 24.4 Å². The van der Waals surface area contributed by atoms with Gasteiger partial charge in [-0.25, -0.2) is 4.98 Å². The van der Waals surface area contributed by atoms with E-state index in [0.717, 1.165) is 18.7 Å². The number of carboxylic acid groups (broad SMARTS) is 1. The van der Waals surface area contributed by atoms with Gasteiger partial charge in [-0.1, -0.05) is 6.07 Å². The fourth-order valence-corrected chi connectivity index (χ4v) is 1.61. The predicted molar refractivity (Wildman–Crippen MR) is 52.0 cm³/mol. The quantitative estimate of drug-likeness (QED) is 0.759. The van der Waals surface area contributed by atoms with Crippen LogP contribution in [0, 0.1) is 5.92 Å². The third-order valence-corrected chi connectivity index (χ3v) is 2.59. The van der Waals surface area contributed by atoms with E-state index < -0.39 is 5.97 Å². The maximum absolute atomic E-state index is 10.7. The molecule has 14 heavy (non-hydrogen) atoms. The predicted octanol–water partition coefficient (Wildman–Crippen LogP) is 1.36. The molecule has 1 aromatic heterocycles. The monoisotopic (exact) mass is 192 g/mol. The van der Waals surface area contributed by atoms with E-state index in [4.69, 9.17) is 5.11 Å². The van der Waals surface area contributed by atoms with Crippen molar-refractivity contribution >= 4 is 11.8 Å². The van der Waals surface area contributed by atoms with Crippen molar-refractivity contribution in [3.05, 3.63) is 24.4 Å². The molecule has 1 aliphatic carbocycles. The molecule has 0 spiro atoms. The highest BCUT2D eigenvalue weighted by Gasteiger charge is 2.36. The third-order valence-electron chi connectivity index (χ3n) is 2.59. The van der Waals surface area contributed by atoms with E-state index >= 15 is 0 Å². The van der Waals surface area contributed by atoms with Gasteiger partial charge in [-0.3, -0.25) is 4.79 Å². The standard InChI is InChI=1S/C10H12N2O2/c13-10(14)7-4-5-8(7)12-9-3-1-2-6-11-9/h1-3,6-8H,4-5H2,(H,11,12)(H,13,14). The Labute approximate surface area is 82.0 Å². The molecule has 2 atom stereocenters. The molecular formula is C10H12N2O2. The molecule has 1 saturated carbocycles. The van der Waals surface area contributed by atoms with Crippen molar-refractivity contribution in [3.63, 3.8) is 0 Å². The molecule has 2 N–H and O–H groups in total. The molecule has 1 aromatic rings. The number of aromatic nitrogens is 1. The van der Waals surface area contributed by atoms with E-state index in [1.807, 2.05) is 18.2 Å². The molecule has 4 heteroatoms. The molecular weight excluding hydrogens is 180 g/mol. The minimum atomic E-state index is -0.718. The van der Waals surface area contributed by atoms with Crippen LogP contribution in [0.25, 0.3) is 0 Å². The van der Waals surface area contributed by atoms with E-state index in [-0.39, 0.29) is 12.0 Å². The SMILES string of the molecule is O=C(O)C1CCC1Nc1ccccn1. The van der Waals surface area contributed by atoms with Crippen molar-refractivity contribution in [2.24, 2.45) is 5.92 Å². The van der Waals surface area contributed by atoms with Gasteiger partial charge in [0.15, 0.2) is 0 Å². The summed E-state index contributed by atoms with van der Waals surface area (Å²) in [5.41, 5.74) is 0. The topological polar surface area (TPSA) is 62.2 Å². The van der Waals surface area contributed by atoms with Crippen molar-refractivity contribution < 1.29 is 9.90 Å². The van der Waals surface area contributed by atoms with Crippen LogP contribution in [-0.2, 0) is 4.79 Å². The van der Waals surface area contributed by atoms with Gasteiger partial charge in [-0.2, -0.15) is 0 Å². The number of hydrogen-bond donors (Lipinski definition) is 2. The second-order valence-corrected chi connectivity index (χ2v) is 3.49. The molecule has 0 aromatic carbocycles. The Kier molecular flexibility index (Phi) is 2.35. The van der Waals surface area contributed by atoms with Crippen LogP contribution in [0.2, 0.25) is 0 Å². The number of anilines is 1. The zero-order valence-electron chi connectivity index (χ0n) is 7.68. The smallest absolute Gasteiger partial charge is 0.308 e. The maximum Gasteiger partial charge on any atom is 0.308 e. The fraction of sp³-hybridized carbons (Fsp3) is 0.400. The molecule has 0 aliphatic heterocycles. The first-order valence-corrected chi connectivity index (χ1v) is 4.68. The van der Waals surface area contributed by atoms with E-state index in [0.29, 0.717) is 0 Å². The Balaban J connectivity index is 1.96. The molecule has 0 radical (unpaired) electrons. The second kappa shape index (κ2) is 3.65. The van der Waals surface area contributed by atoms with E-state index in [1.165, 1.54) is 0 Å². The number of hydrogen-bond acceptors (Lipinski definition) is 3. The summed E-state index contributed by atoms with van der Waals surface area (Å²) >= 11 is 0. The van der Waals surface area contributed by atoms with Gasteiger partial charge in [0, 0.05) is 12.2 Å². The first-order chi connectivity index (χ1) is 6.77. The molecule has 4 nitrogen and oxygen atoms in total. The van der Waals surface area contributed by atoms with Crippen LogP contribution < -0.4 is 5.32 Å². The lowest BCUT2D eigenvalue weighted by Gasteiger charge is -2.34. The number of nitrogens with one attached hydrogen (secondary N) is 1. The van der Waals surface area contributed by atoms with Gasteiger partial charge in [0.05, 0.1) is 5.92 Å². The zero-order valence-corrected chi connectivity index (χ0v) is 7.68. The first-order valence-electron chi connectivity index (χ1n) is 4.68. The highest BCUT2D eigenvalue weighted by Crippen LogP contribution is 2.29. The number of nitrogens with zero attached hydrogens (tertiary/aromatic N) is 1. The lowest BCUT2D eigenvalue weighted by molar-refractivity contribution is -0.144. The minimum absolute atomic E-state index is 0.0439. The summed E-state index contributed by atoms with van der Waals surface area (Å²) in [5, 5.41) is 11.9. The van der Waals surface area contributed by atoms with Gasteiger partial charge in [0.25, 0.3) is 0 Å². The number of carboxylic acids is 1. The largest absolute Gasteiger partial charge is 0.481 e. The summed E-state index contributed by atoms with van der Waals surface area (Å²) in [4.78, 5) is 14.8. The summed E-state index contributed by atoms with van der Waals surface area (Å²) in [7, 11) is 0. The molecule has 1 fully saturated rings. The molecule has 1 aliphatic rings. The molecule has 0 amide bonds. The maximum atomic E-state index is 10.7. The summed E-state index contributed by atoms with van der Waals surface area (Å²) in [6, 6.07) is 5.60.